The Kier molecular flexibility index (Phi) is 2.83. The van der Waals surface area contributed by atoms with E-state index in [4.69, 9.17) is 0 Å². The summed E-state index contributed by atoms with van der Waals surface area (Å²) >= 11 is 0. The first-order valence-electron chi connectivity index (χ1n) is 5.26. The molecule has 14 heavy (non-hydrogen) atoms. The Morgan fingerprint density at radius 2 is 1.71 bits per heavy atom. The molecule has 0 nitrogen and oxygen atoms in total. The highest BCUT2D eigenvalue weighted by Crippen LogP contribution is 2.26. The standard InChI is InChI=1S/C14H16/c1-12(11-13-7-5-6-8-13)14-9-3-2-4-10-14/h2-10,12-13H,11H2,1H3. The van der Waals surface area contributed by atoms with Crippen LogP contribution < -0.4 is 0 Å². The lowest BCUT2D eigenvalue weighted by molar-refractivity contribution is 0.612. The van der Waals surface area contributed by atoms with Crippen LogP contribution in [-0.4, -0.2) is 0 Å². The van der Waals surface area contributed by atoms with E-state index in [2.05, 4.69) is 61.6 Å². The molecule has 1 atom stereocenters. The molecule has 1 aliphatic rings. The molecule has 1 unspecified atom stereocenters. The molecule has 1 aliphatic carbocycles. The molecule has 0 saturated carbocycles. The van der Waals surface area contributed by atoms with Crippen LogP contribution in [0.2, 0.25) is 0 Å². The van der Waals surface area contributed by atoms with Crippen molar-refractivity contribution in [1.29, 1.82) is 0 Å². The van der Waals surface area contributed by atoms with Gasteiger partial charge in [0, 0.05) is 0 Å². The molecule has 0 spiro atoms. The minimum Gasteiger partial charge on any atom is -0.0776 e. The second kappa shape index (κ2) is 4.28. The minimum atomic E-state index is 0.644. The molecule has 0 fully saturated rings. The van der Waals surface area contributed by atoms with Gasteiger partial charge in [-0.3, -0.25) is 0 Å². The van der Waals surface area contributed by atoms with Crippen molar-refractivity contribution in [1.82, 2.24) is 0 Å². The Morgan fingerprint density at radius 3 is 2.36 bits per heavy atom. The highest BCUT2D eigenvalue weighted by atomic mass is 14.2. The summed E-state index contributed by atoms with van der Waals surface area (Å²) in [4.78, 5) is 0. The van der Waals surface area contributed by atoms with Gasteiger partial charge in [0.15, 0.2) is 0 Å². The zero-order valence-electron chi connectivity index (χ0n) is 8.56. The smallest absolute Gasteiger partial charge is 0.00416 e. The fraction of sp³-hybridized carbons (Fsp3) is 0.286. The summed E-state index contributed by atoms with van der Waals surface area (Å²) < 4.78 is 0. The molecule has 0 heteroatoms. The highest BCUT2D eigenvalue weighted by Gasteiger charge is 2.10. The maximum Gasteiger partial charge on any atom is -0.00416 e. The van der Waals surface area contributed by atoms with E-state index in [-0.39, 0.29) is 0 Å². The molecule has 0 heterocycles. The van der Waals surface area contributed by atoms with E-state index >= 15 is 0 Å². The monoisotopic (exact) mass is 184 g/mol. The first kappa shape index (κ1) is 9.26. The predicted molar refractivity (Wildman–Crippen MR) is 61.2 cm³/mol. The molecular formula is C14H16. The van der Waals surface area contributed by atoms with Crippen LogP contribution in [0.25, 0.3) is 0 Å². The van der Waals surface area contributed by atoms with E-state index in [0.29, 0.717) is 11.8 Å². The van der Waals surface area contributed by atoms with Crippen LogP contribution in [0.5, 0.6) is 0 Å². The first-order valence-corrected chi connectivity index (χ1v) is 5.26. The van der Waals surface area contributed by atoms with Crippen molar-refractivity contribution in [2.24, 2.45) is 5.92 Å². The number of hydrogen-bond donors (Lipinski definition) is 0. The summed E-state index contributed by atoms with van der Waals surface area (Å²) in [5, 5.41) is 0. The molecule has 0 radical (unpaired) electrons. The SMILES string of the molecule is CC(CC1C=CC=C1)c1ccccc1. The van der Waals surface area contributed by atoms with Crippen molar-refractivity contribution in [3.05, 3.63) is 60.2 Å². The fourth-order valence-electron chi connectivity index (χ4n) is 1.96. The average molecular weight is 184 g/mol. The maximum atomic E-state index is 2.30. The van der Waals surface area contributed by atoms with Gasteiger partial charge in [0.2, 0.25) is 0 Å². The van der Waals surface area contributed by atoms with Gasteiger partial charge in [-0.05, 0) is 23.8 Å². The third-order valence-electron chi connectivity index (χ3n) is 2.82. The van der Waals surface area contributed by atoms with Gasteiger partial charge in [0.25, 0.3) is 0 Å². The summed E-state index contributed by atoms with van der Waals surface area (Å²) in [6.07, 6.45) is 10.1. The van der Waals surface area contributed by atoms with Gasteiger partial charge in [-0.15, -0.1) is 0 Å². The van der Waals surface area contributed by atoms with E-state index in [0.717, 1.165) is 0 Å². The van der Waals surface area contributed by atoms with E-state index in [1.807, 2.05) is 0 Å². The molecule has 0 aromatic heterocycles. The fourth-order valence-corrected chi connectivity index (χ4v) is 1.96. The van der Waals surface area contributed by atoms with E-state index in [1.165, 1.54) is 12.0 Å². The number of benzene rings is 1. The molecule has 0 aliphatic heterocycles. The largest absolute Gasteiger partial charge is 0.0776 e. The lowest BCUT2D eigenvalue weighted by Crippen LogP contribution is -1.99. The number of hydrogen-bond acceptors (Lipinski definition) is 0. The Bertz CT molecular complexity index is 320. The maximum absolute atomic E-state index is 2.30. The topological polar surface area (TPSA) is 0 Å². The molecule has 2 rings (SSSR count). The Hall–Kier alpha value is -1.30. The molecule has 72 valence electrons. The summed E-state index contributed by atoms with van der Waals surface area (Å²) in [6, 6.07) is 10.7. The minimum absolute atomic E-state index is 0.644. The molecule has 1 aromatic rings. The van der Waals surface area contributed by atoms with Gasteiger partial charge >= 0.3 is 0 Å². The van der Waals surface area contributed by atoms with Gasteiger partial charge < -0.3 is 0 Å². The van der Waals surface area contributed by atoms with Crippen LogP contribution in [0.4, 0.5) is 0 Å². The molecule has 0 saturated heterocycles. The van der Waals surface area contributed by atoms with Crippen LogP contribution in [0.1, 0.15) is 24.8 Å². The van der Waals surface area contributed by atoms with Crippen LogP contribution >= 0.6 is 0 Å². The molecule has 0 N–H and O–H groups in total. The van der Waals surface area contributed by atoms with Gasteiger partial charge in [-0.2, -0.15) is 0 Å². The van der Waals surface area contributed by atoms with Gasteiger partial charge in [-0.25, -0.2) is 0 Å². The second-order valence-electron chi connectivity index (χ2n) is 3.98. The van der Waals surface area contributed by atoms with Crippen LogP contribution in [0, 0.1) is 5.92 Å². The first-order chi connectivity index (χ1) is 6.86. The van der Waals surface area contributed by atoms with Gasteiger partial charge in [-0.1, -0.05) is 61.6 Å². The van der Waals surface area contributed by atoms with Crippen molar-refractivity contribution in [2.45, 2.75) is 19.3 Å². The summed E-state index contributed by atoms with van der Waals surface area (Å²) in [6.45, 7) is 2.30. The van der Waals surface area contributed by atoms with Gasteiger partial charge in [0.05, 0.1) is 0 Å². The predicted octanol–water partition coefficient (Wildman–Crippen LogP) is 3.92. The quantitative estimate of drug-likeness (QED) is 0.668. The summed E-state index contributed by atoms with van der Waals surface area (Å²) in [7, 11) is 0. The summed E-state index contributed by atoms with van der Waals surface area (Å²) in [5.41, 5.74) is 1.45. The molecule has 0 bridgehead atoms. The number of allylic oxidation sites excluding steroid dienone is 4. The zero-order chi connectivity index (χ0) is 9.80. The lowest BCUT2D eigenvalue weighted by atomic mass is 9.91. The normalized spacial score (nSPS) is 17.5. The van der Waals surface area contributed by atoms with E-state index in [1.54, 1.807) is 0 Å². The molecular weight excluding hydrogens is 168 g/mol. The lowest BCUT2D eigenvalue weighted by Gasteiger charge is -2.14. The number of rotatable bonds is 3. The van der Waals surface area contributed by atoms with Crippen molar-refractivity contribution < 1.29 is 0 Å². The zero-order valence-corrected chi connectivity index (χ0v) is 8.56. The van der Waals surface area contributed by atoms with Crippen LogP contribution in [-0.2, 0) is 0 Å². The highest BCUT2D eigenvalue weighted by molar-refractivity contribution is 5.22. The van der Waals surface area contributed by atoms with Gasteiger partial charge in [0.1, 0.15) is 0 Å². The molecule has 0 amide bonds. The summed E-state index contributed by atoms with van der Waals surface area (Å²) in [5.74, 6) is 1.29. The van der Waals surface area contributed by atoms with Crippen LogP contribution in [0.3, 0.4) is 0 Å². The van der Waals surface area contributed by atoms with Crippen molar-refractivity contribution in [2.75, 3.05) is 0 Å². The van der Waals surface area contributed by atoms with Crippen molar-refractivity contribution >= 4 is 0 Å². The van der Waals surface area contributed by atoms with Crippen molar-refractivity contribution in [3.63, 3.8) is 0 Å². The van der Waals surface area contributed by atoms with Crippen molar-refractivity contribution in [3.8, 4) is 0 Å². The Morgan fingerprint density at radius 1 is 1.07 bits per heavy atom. The third kappa shape index (κ3) is 2.14. The Balaban J connectivity index is 1.99. The molecule has 1 aromatic carbocycles. The average Bonchev–Trinajstić information content (AvgIpc) is 2.72. The van der Waals surface area contributed by atoms with E-state index < -0.39 is 0 Å². The van der Waals surface area contributed by atoms with Crippen LogP contribution in [0.15, 0.2) is 54.6 Å². The third-order valence-corrected chi connectivity index (χ3v) is 2.82. The van der Waals surface area contributed by atoms with E-state index in [9.17, 15) is 0 Å². The second-order valence-corrected chi connectivity index (χ2v) is 3.98. The Labute approximate surface area is 86.0 Å².